The third-order valence-electron chi connectivity index (χ3n) is 2.92. The van der Waals surface area contributed by atoms with Crippen LogP contribution in [0.4, 0.5) is 0 Å². The molecule has 1 atom stereocenters. The smallest absolute Gasteiger partial charge is 0.228 e. The Kier molecular flexibility index (Phi) is 3.77. The molecule has 1 amide bonds. The van der Waals surface area contributed by atoms with E-state index in [9.17, 15) is 4.79 Å². The second-order valence-electron chi connectivity index (χ2n) is 4.33. The minimum Gasteiger partial charge on any atom is -0.349 e. The lowest BCUT2D eigenvalue weighted by molar-refractivity contribution is -0.121. The van der Waals surface area contributed by atoms with Crippen LogP contribution in [0.15, 0.2) is 42.7 Å². The van der Waals surface area contributed by atoms with Gasteiger partial charge in [-0.2, -0.15) is 0 Å². The number of carbonyl (C=O) groups excluding carboxylic acids is 1. The third kappa shape index (κ3) is 2.97. The Morgan fingerprint density at radius 3 is 2.72 bits per heavy atom. The summed E-state index contributed by atoms with van der Waals surface area (Å²) in [5.74, 6) is 0.758. The van der Waals surface area contributed by atoms with Gasteiger partial charge in [0, 0.05) is 19.4 Å². The Hall–Kier alpha value is -2.10. The molecule has 1 unspecified atom stereocenters. The highest BCUT2D eigenvalue weighted by Crippen LogP contribution is 2.11. The Balaban J connectivity index is 1.94. The van der Waals surface area contributed by atoms with Crippen molar-refractivity contribution in [2.75, 3.05) is 0 Å². The second-order valence-corrected chi connectivity index (χ2v) is 4.33. The fraction of sp³-hybridized carbons (Fsp3) is 0.286. The van der Waals surface area contributed by atoms with Crippen molar-refractivity contribution in [1.82, 2.24) is 14.9 Å². The number of hydrogen-bond donors (Lipinski definition) is 1. The van der Waals surface area contributed by atoms with E-state index in [1.165, 1.54) is 0 Å². The van der Waals surface area contributed by atoms with Crippen LogP contribution >= 0.6 is 0 Å². The molecule has 0 saturated heterocycles. The van der Waals surface area contributed by atoms with E-state index in [1.54, 1.807) is 6.20 Å². The third-order valence-corrected chi connectivity index (χ3v) is 2.92. The molecule has 1 aromatic heterocycles. The van der Waals surface area contributed by atoms with Gasteiger partial charge in [-0.25, -0.2) is 4.98 Å². The van der Waals surface area contributed by atoms with Gasteiger partial charge in [0.2, 0.25) is 5.91 Å². The number of aromatic nitrogens is 2. The standard InChI is InChI=1S/C14H17N3O/c1-11(12-6-4-3-5-7-12)16-14(18)10-13-15-8-9-17(13)2/h3-9,11H,10H2,1-2H3,(H,16,18). The number of carbonyl (C=O) groups is 1. The number of aryl methyl sites for hydroxylation is 1. The van der Waals surface area contributed by atoms with Gasteiger partial charge in [-0.1, -0.05) is 30.3 Å². The van der Waals surface area contributed by atoms with Crippen LogP contribution in [0.3, 0.4) is 0 Å². The fourth-order valence-electron chi connectivity index (χ4n) is 1.83. The molecule has 0 saturated carbocycles. The molecule has 1 aromatic carbocycles. The molecule has 1 N–H and O–H groups in total. The summed E-state index contributed by atoms with van der Waals surface area (Å²) in [4.78, 5) is 16.0. The van der Waals surface area contributed by atoms with Crippen LogP contribution < -0.4 is 5.32 Å². The minimum absolute atomic E-state index is 0.0129. The zero-order valence-electron chi connectivity index (χ0n) is 10.6. The van der Waals surface area contributed by atoms with E-state index in [-0.39, 0.29) is 11.9 Å². The lowest BCUT2D eigenvalue weighted by Crippen LogP contribution is -2.28. The first-order valence-corrected chi connectivity index (χ1v) is 5.97. The van der Waals surface area contributed by atoms with Gasteiger partial charge in [0.05, 0.1) is 12.5 Å². The molecule has 0 aliphatic carbocycles. The maximum Gasteiger partial charge on any atom is 0.228 e. The molecular formula is C14H17N3O. The number of benzene rings is 1. The first-order chi connectivity index (χ1) is 8.66. The first-order valence-electron chi connectivity index (χ1n) is 5.97. The largest absolute Gasteiger partial charge is 0.349 e. The molecule has 0 aliphatic heterocycles. The summed E-state index contributed by atoms with van der Waals surface area (Å²) in [6, 6.07) is 9.93. The van der Waals surface area contributed by atoms with Crippen LogP contribution in [0.2, 0.25) is 0 Å². The molecule has 4 nitrogen and oxygen atoms in total. The van der Waals surface area contributed by atoms with Crippen LogP contribution in [0.1, 0.15) is 24.4 Å². The molecule has 0 spiro atoms. The fourth-order valence-corrected chi connectivity index (χ4v) is 1.83. The maximum absolute atomic E-state index is 11.9. The van der Waals surface area contributed by atoms with Crippen molar-refractivity contribution < 1.29 is 4.79 Å². The molecule has 4 heteroatoms. The quantitative estimate of drug-likeness (QED) is 0.890. The molecule has 0 radical (unpaired) electrons. The minimum atomic E-state index is -0.0133. The summed E-state index contributed by atoms with van der Waals surface area (Å²) in [6.45, 7) is 1.98. The second kappa shape index (κ2) is 5.49. The van der Waals surface area contributed by atoms with Gasteiger partial charge >= 0.3 is 0 Å². The van der Waals surface area contributed by atoms with Crippen LogP contribution in [0, 0.1) is 0 Å². The van der Waals surface area contributed by atoms with Crippen molar-refractivity contribution in [2.45, 2.75) is 19.4 Å². The van der Waals surface area contributed by atoms with Gasteiger partial charge in [-0.3, -0.25) is 4.79 Å². The number of amides is 1. The predicted octanol–water partition coefficient (Wildman–Crippen LogP) is 1.84. The molecule has 1 heterocycles. The average molecular weight is 243 g/mol. The zero-order valence-corrected chi connectivity index (χ0v) is 10.6. The summed E-state index contributed by atoms with van der Waals surface area (Å²) in [5.41, 5.74) is 1.10. The van der Waals surface area contributed by atoms with Gasteiger partial charge in [0.15, 0.2) is 0 Å². The van der Waals surface area contributed by atoms with Crippen molar-refractivity contribution in [3.05, 3.63) is 54.1 Å². The Labute approximate surface area is 107 Å². The van der Waals surface area contributed by atoms with Crippen molar-refractivity contribution in [2.24, 2.45) is 7.05 Å². The lowest BCUT2D eigenvalue weighted by atomic mass is 10.1. The van der Waals surface area contributed by atoms with Gasteiger partial charge in [-0.15, -0.1) is 0 Å². The van der Waals surface area contributed by atoms with Crippen molar-refractivity contribution in [3.63, 3.8) is 0 Å². The van der Waals surface area contributed by atoms with Crippen molar-refractivity contribution >= 4 is 5.91 Å². The number of nitrogens with zero attached hydrogens (tertiary/aromatic N) is 2. The Morgan fingerprint density at radius 2 is 2.11 bits per heavy atom. The van der Waals surface area contributed by atoms with Crippen molar-refractivity contribution in [3.8, 4) is 0 Å². The summed E-state index contributed by atoms with van der Waals surface area (Å²) in [6.07, 6.45) is 3.84. The van der Waals surface area contributed by atoms with Crippen LogP contribution in [0.5, 0.6) is 0 Å². The number of rotatable bonds is 4. The number of hydrogen-bond acceptors (Lipinski definition) is 2. The van der Waals surface area contributed by atoms with Crippen molar-refractivity contribution in [1.29, 1.82) is 0 Å². The molecule has 0 aliphatic rings. The van der Waals surface area contributed by atoms with E-state index < -0.39 is 0 Å². The molecule has 0 bridgehead atoms. The van der Waals surface area contributed by atoms with Gasteiger partial charge < -0.3 is 9.88 Å². The number of nitrogens with one attached hydrogen (secondary N) is 1. The summed E-state index contributed by atoms with van der Waals surface area (Å²) in [5, 5.41) is 2.97. The Morgan fingerprint density at radius 1 is 1.39 bits per heavy atom. The first kappa shape index (κ1) is 12.4. The summed E-state index contributed by atoms with van der Waals surface area (Å²) in [7, 11) is 1.89. The summed E-state index contributed by atoms with van der Waals surface area (Å²) >= 11 is 0. The molecule has 18 heavy (non-hydrogen) atoms. The van der Waals surface area contributed by atoms with Crippen LogP contribution in [-0.4, -0.2) is 15.5 Å². The van der Waals surface area contributed by atoms with E-state index in [2.05, 4.69) is 10.3 Å². The predicted molar refractivity (Wildman–Crippen MR) is 69.9 cm³/mol. The molecule has 2 aromatic rings. The molecular weight excluding hydrogens is 226 g/mol. The highest BCUT2D eigenvalue weighted by Gasteiger charge is 2.11. The number of imidazole rings is 1. The van der Waals surface area contributed by atoms with E-state index >= 15 is 0 Å². The van der Waals surface area contributed by atoms with Gasteiger partial charge in [0.25, 0.3) is 0 Å². The van der Waals surface area contributed by atoms with E-state index in [0.717, 1.165) is 11.4 Å². The highest BCUT2D eigenvalue weighted by atomic mass is 16.1. The normalized spacial score (nSPS) is 12.1. The lowest BCUT2D eigenvalue weighted by Gasteiger charge is -2.14. The van der Waals surface area contributed by atoms with Crippen LogP contribution in [-0.2, 0) is 18.3 Å². The topological polar surface area (TPSA) is 46.9 Å². The van der Waals surface area contributed by atoms with Crippen LogP contribution in [0.25, 0.3) is 0 Å². The highest BCUT2D eigenvalue weighted by molar-refractivity contribution is 5.78. The average Bonchev–Trinajstić information content (AvgIpc) is 2.76. The van der Waals surface area contributed by atoms with E-state index in [0.29, 0.717) is 6.42 Å². The SMILES string of the molecule is CC(NC(=O)Cc1nccn1C)c1ccccc1. The molecule has 0 fully saturated rings. The monoisotopic (exact) mass is 243 g/mol. The molecule has 94 valence electrons. The van der Waals surface area contributed by atoms with Gasteiger partial charge in [-0.05, 0) is 12.5 Å². The van der Waals surface area contributed by atoms with Gasteiger partial charge in [0.1, 0.15) is 5.82 Å². The maximum atomic E-state index is 11.9. The summed E-state index contributed by atoms with van der Waals surface area (Å²) < 4.78 is 1.85. The Bertz CT molecular complexity index is 519. The zero-order chi connectivity index (χ0) is 13.0. The van der Waals surface area contributed by atoms with E-state index in [1.807, 2.05) is 55.1 Å². The van der Waals surface area contributed by atoms with E-state index in [4.69, 9.17) is 0 Å². The molecule has 2 rings (SSSR count).